The van der Waals surface area contributed by atoms with E-state index in [0.29, 0.717) is 18.5 Å². The fourth-order valence-electron chi connectivity index (χ4n) is 1.99. The molecule has 0 fully saturated rings. The molecular weight excluding hydrogens is 274 g/mol. The number of benzene rings is 1. The van der Waals surface area contributed by atoms with Crippen molar-refractivity contribution in [1.29, 1.82) is 0 Å². The number of carboxylic acid groups (broad SMARTS) is 1. The van der Waals surface area contributed by atoms with Crippen LogP contribution in [0.15, 0.2) is 29.6 Å². The standard InChI is InChI=1S/C15H17NO3S/c1-10(6-7-14(17)18)8-16-15(19)12-9-20-13-5-3-2-4-11(12)13/h2-5,9-10H,6-8H2,1H3,(H,16,19)(H,17,18). The van der Waals surface area contributed by atoms with Gasteiger partial charge in [-0.05, 0) is 18.4 Å². The van der Waals surface area contributed by atoms with Gasteiger partial charge in [-0.1, -0.05) is 25.1 Å². The lowest BCUT2D eigenvalue weighted by Crippen LogP contribution is -2.28. The Balaban J connectivity index is 1.93. The van der Waals surface area contributed by atoms with Crippen LogP contribution in [-0.4, -0.2) is 23.5 Å². The van der Waals surface area contributed by atoms with Crippen LogP contribution < -0.4 is 5.32 Å². The minimum absolute atomic E-state index is 0.0929. The van der Waals surface area contributed by atoms with Gasteiger partial charge in [-0.2, -0.15) is 0 Å². The maximum atomic E-state index is 12.1. The zero-order valence-corrected chi connectivity index (χ0v) is 12.1. The fraction of sp³-hybridized carbons (Fsp3) is 0.333. The SMILES string of the molecule is CC(CCC(=O)O)CNC(=O)c1csc2ccccc12. The highest BCUT2D eigenvalue weighted by atomic mass is 32.1. The van der Waals surface area contributed by atoms with Crippen LogP contribution in [0.3, 0.4) is 0 Å². The molecule has 0 saturated heterocycles. The number of aliphatic carboxylic acids is 1. The summed E-state index contributed by atoms with van der Waals surface area (Å²) < 4.78 is 1.09. The molecule has 1 heterocycles. The van der Waals surface area contributed by atoms with Gasteiger partial charge in [0, 0.05) is 28.4 Å². The second-order valence-electron chi connectivity index (χ2n) is 4.89. The summed E-state index contributed by atoms with van der Waals surface area (Å²) in [5.41, 5.74) is 0.691. The first kappa shape index (κ1) is 14.5. The van der Waals surface area contributed by atoms with E-state index in [4.69, 9.17) is 5.11 Å². The van der Waals surface area contributed by atoms with Crippen LogP contribution in [-0.2, 0) is 4.79 Å². The van der Waals surface area contributed by atoms with Crippen LogP contribution >= 0.6 is 11.3 Å². The Hall–Kier alpha value is -1.88. The van der Waals surface area contributed by atoms with E-state index in [1.807, 2.05) is 36.6 Å². The zero-order valence-electron chi connectivity index (χ0n) is 11.3. The molecule has 0 bridgehead atoms. The van der Waals surface area contributed by atoms with E-state index in [2.05, 4.69) is 5.32 Å². The summed E-state index contributed by atoms with van der Waals surface area (Å²) in [7, 11) is 0. The molecule has 106 valence electrons. The van der Waals surface area contributed by atoms with Crippen molar-refractivity contribution in [2.45, 2.75) is 19.8 Å². The van der Waals surface area contributed by atoms with E-state index in [0.717, 1.165) is 10.1 Å². The summed E-state index contributed by atoms with van der Waals surface area (Å²) in [5.74, 6) is -0.739. The van der Waals surface area contributed by atoms with Gasteiger partial charge in [0.2, 0.25) is 0 Å². The van der Waals surface area contributed by atoms with Crippen molar-refractivity contribution in [3.05, 3.63) is 35.2 Å². The van der Waals surface area contributed by atoms with Crippen molar-refractivity contribution < 1.29 is 14.7 Å². The Morgan fingerprint density at radius 3 is 2.85 bits per heavy atom. The molecule has 4 nitrogen and oxygen atoms in total. The molecule has 1 atom stereocenters. The maximum Gasteiger partial charge on any atom is 0.303 e. The highest BCUT2D eigenvalue weighted by Crippen LogP contribution is 2.25. The number of rotatable bonds is 6. The van der Waals surface area contributed by atoms with Crippen molar-refractivity contribution >= 4 is 33.3 Å². The number of fused-ring (bicyclic) bond motifs is 1. The molecule has 2 aromatic rings. The molecule has 1 unspecified atom stereocenters. The van der Waals surface area contributed by atoms with Crippen molar-refractivity contribution in [2.75, 3.05) is 6.54 Å². The lowest BCUT2D eigenvalue weighted by Gasteiger charge is -2.11. The predicted octanol–water partition coefficient (Wildman–Crippen LogP) is 3.13. The third-order valence-corrected chi connectivity index (χ3v) is 4.15. The maximum absolute atomic E-state index is 12.1. The third-order valence-electron chi connectivity index (χ3n) is 3.19. The van der Waals surface area contributed by atoms with Crippen molar-refractivity contribution in [2.24, 2.45) is 5.92 Å². The van der Waals surface area contributed by atoms with Crippen LogP contribution in [0.5, 0.6) is 0 Å². The van der Waals surface area contributed by atoms with Gasteiger partial charge in [0.25, 0.3) is 5.91 Å². The van der Waals surface area contributed by atoms with Gasteiger partial charge in [-0.25, -0.2) is 0 Å². The molecule has 0 radical (unpaired) electrons. The van der Waals surface area contributed by atoms with Crippen molar-refractivity contribution in [3.63, 3.8) is 0 Å². The number of carbonyl (C=O) groups is 2. The molecule has 1 amide bonds. The molecule has 0 aliphatic rings. The average Bonchev–Trinajstić information content (AvgIpc) is 2.86. The van der Waals surface area contributed by atoms with Gasteiger partial charge in [0.05, 0.1) is 5.56 Å². The van der Waals surface area contributed by atoms with E-state index >= 15 is 0 Å². The van der Waals surface area contributed by atoms with Crippen LogP contribution in [0.1, 0.15) is 30.1 Å². The van der Waals surface area contributed by atoms with Gasteiger partial charge in [-0.3, -0.25) is 9.59 Å². The van der Waals surface area contributed by atoms with Crippen molar-refractivity contribution in [3.8, 4) is 0 Å². The molecule has 0 spiro atoms. The zero-order chi connectivity index (χ0) is 14.5. The molecule has 0 saturated carbocycles. The smallest absolute Gasteiger partial charge is 0.303 e. The molecule has 0 aliphatic heterocycles. The summed E-state index contributed by atoms with van der Waals surface area (Å²) >= 11 is 1.55. The molecule has 1 aromatic carbocycles. The van der Waals surface area contributed by atoms with E-state index in [1.165, 1.54) is 0 Å². The number of thiophene rings is 1. The third kappa shape index (κ3) is 3.57. The summed E-state index contributed by atoms with van der Waals surface area (Å²) in [6.07, 6.45) is 0.707. The second-order valence-corrected chi connectivity index (χ2v) is 5.80. The first-order valence-electron chi connectivity index (χ1n) is 6.54. The van der Waals surface area contributed by atoms with Gasteiger partial charge >= 0.3 is 5.97 Å². The highest BCUT2D eigenvalue weighted by Gasteiger charge is 2.13. The Morgan fingerprint density at radius 2 is 2.10 bits per heavy atom. The van der Waals surface area contributed by atoms with Gasteiger partial charge in [0.1, 0.15) is 0 Å². The van der Waals surface area contributed by atoms with Crippen LogP contribution in [0.25, 0.3) is 10.1 Å². The molecule has 20 heavy (non-hydrogen) atoms. The number of carboxylic acids is 1. The number of carbonyl (C=O) groups excluding carboxylic acids is 1. The molecule has 5 heteroatoms. The number of nitrogens with one attached hydrogen (secondary N) is 1. The normalized spacial score (nSPS) is 12.2. The van der Waals surface area contributed by atoms with E-state index < -0.39 is 5.97 Å². The van der Waals surface area contributed by atoms with E-state index in [1.54, 1.807) is 11.3 Å². The lowest BCUT2D eigenvalue weighted by molar-refractivity contribution is -0.137. The molecule has 1 aromatic heterocycles. The summed E-state index contributed by atoms with van der Waals surface area (Å²) in [5, 5.41) is 14.3. The lowest BCUT2D eigenvalue weighted by atomic mass is 10.1. The summed E-state index contributed by atoms with van der Waals surface area (Å²) in [6, 6.07) is 7.80. The predicted molar refractivity (Wildman–Crippen MR) is 80.2 cm³/mol. The van der Waals surface area contributed by atoms with Crippen molar-refractivity contribution in [1.82, 2.24) is 5.32 Å². The Morgan fingerprint density at radius 1 is 1.35 bits per heavy atom. The van der Waals surface area contributed by atoms with Crippen LogP contribution in [0.2, 0.25) is 0 Å². The van der Waals surface area contributed by atoms with Gasteiger partial charge in [0.15, 0.2) is 0 Å². The monoisotopic (exact) mass is 291 g/mol. The van der Waals surface area contributed by atoms with Crippen LogP contribution in [0.4, 0.5) is 0 Å². The Bertz CT molecular complexity index is 620. The highest BCUT2D eigenvalue weighted by molar-refractivity contribution is 7.17. The van der Waals surface area contributed by atoms with Gasteiger partial charge < -0.3 is 10.4 Å². The summed E-state index contributed by atoms with van der Waals surface area (Å²) in [4.78, 5) is 22.6. The largest absolute Gasteiger partial charge is 0.481 e. The van der Waals surface area contributed by atoms with Gasteiger partial charge in [-0.15, -0.1) is 11.3 Å². The molecule has 0 aliphatic carbocycles. The number of hydrogen-bond acceptors (Lipinski definition) is 3. The number of hydrogen-bond donors (Lipinski definition) is 2. The summed E-state index contributed by atoms with van der Waals surface area (Å²) in [6.45, 7) is 2.44. The Labute approximate surface area is 121 Å². The number of amides is 1. The van der Waals surface area contributed by atoms with E-state index in [-0.39, 0.29) is 18.2 Å². The molecule has 2 N–H and O–H groups in total. The minimum atomic E-state index is -0.799. The molecular formula is C15H17NO3S. The quantitative estimate of drug-likeness (QED) is 0.859. The second kappa shape index (κ2) is 6.52. The first-order valence-corrected chi connectivity index (χ1v) is 7.42. The average molecular weight is 291 g/mol. The minimum Gasteiger partial charge on any atom is -0.481 e. The molecule has 2 rings (SSSR count). The van der Waals surface area contributed by atoms with Crippen LogP contribution in [0, 0.1) is 5.92 Å². The van der Waals surface area contributed by atoms with E-state index in [9.17, 15) is 9.59 Å². The Kier molecular flexibility index (Phi) is 4.74. The first-order chi connectivity index (χ1) is 9.58. The fourth-order valence-corrected chi connectivity index (χ4v) is 2.93. The topological polar surface area (TPSA) is 66.4 Å².